The summed E-state index contributed by atoms with van der Waals surface area (Å²) in [6, 6.07) is 7.41. The van der Waals surface area contributed by atoms with Crippen molar-refractivity contribution in [3.8, 4) is 5.75 Å². The van der Waals surface area contributed by atoms with Crippen molar-refractivity contribution in [2.45, 2.75) is 26.8 Å². The van der Waals surface area contributed by atoms with Crippen LogP contribution in [0.2, 0.25) is 0 Å². The van der Waals surface area contributed by atoms with Crippen LogP contribution in [-0.4, -0.2) is 85.1 Å². The topological polar surface area (TPSA) is 58.0 Å². The third-order valence-electron chi connectivity index (χ3n) is 5.69. The summed E-state index contributed by atoms with van der Waals surface area (Å²) in [5, 5.41) is 1.04. The number of carbonyl (C=O) groups excluding carboxylic acids is 1. The molecule has 0 atom stereocenters. The number of benzene rings is 1. The van der Waals surface area contributed by atoms with Gasteiger partial charge in [0.05, 0.1) is 5.52 Å². The molecule has 3 rings (SSSR count). The monoisotopic (exact) mass is 414 g/mol. The van der Waals surface area contributed by atoms with Gasteiger partial charge in [-0.25, -0.2) is 0 Å². The van der Waals surface area contributed by atoms with E-state index in [9.17, 15) is 9.59 Å². The molecular formula is C23H34N4O3. The summed E-state index contributed by atoms with van der Waals surface area (Å²) >= 11 is 0. The number of rotatable bonds is 8. The first-order valence-corrected chi connectivity index (χ1v) is 10.8. The maximum absolute atomic E-state index is 12.6. The van der Waals surface area contributed by atoms with Crippen LogP contribution in [0, 0.1) is 6.92 Å². The first-order chi connectivity index (χ1) is 14.4. The van der Waals surface area contributed by atoms with Crippen molar-refractivity contribution < 1.29 is 9.53 Å². The van der Waals surface area contributed by atoms with Gasteiger partial charge in [-0.2, -0.15) is 0 Å². The van der Waals surface area contributed by atoms with Gasteiger partial charge in [-0.1, -0.05) is 6.92 Å². The minimum absolute atomic E-state index is 0.00205. The van der Waals surface area contributed by atoms with Crippen molar-refractivity contribution in [2.24, 2.45) is 0 Å². The predicted molar refractivity (Wildman–Crippen MR) is 120 cm³/mol. The second-order valence-corrected chi connectivity index (χ2v) is 8.31. The van der Waals surface area contributed by atoms with Gasteiger partial charge in [0.25, 0.3) is 11.5 Å². The highest BCUT2D eigenvalue weighted by Crippen LogP contribution is 2.23. The molecule has 1 fully saturated rings. The fourth-order valence-electron chi connectivity index (χ4n) is 3.87. The lowest BCUT2D eigenvalue weighted by Crippen LogP contribution is -2.51. The maximum atomic E-state index is 12.6. The fourth-order valence-corrected chi connectivity index (χ4v) is 3.87. The third-order valence-corrected chi connectivity index (χ3v) is 5.69. The lowest BCUT2D eigenvalue weighted by atomic mass is 10.1. The SMILES string of the molecule is CCCn1c(=O)cc(C)c2ccc(OCC(=O)N3CCN(CCN(C)C)CC3)cc21. The summed E-state index contributed by atoms with van der Waals surface area (Å²) in [7, 11) is 4.15. The molecule has 1 aromatic heterocycles. The van der Waals surface area contributed by atoms with E-state index >= 15 is 0 Å². The van der Waals surface area contributed by atoms with E-state index in [0.29, 0.717) is 12.3 Å². The number of piperazine rings is 1. The zero-order valence-electron chi connectivity index (χ0n) is 18.7. The Morgan fingerprint density at radius 3 is 2.50 bits per heavy atom. The highest BCUT2D eigenvalue weighted by atomic mass is 16.5. The molecule has 0 aliphatic carbocycles. The highest BCUT2D eigenvalue weighted by molar-refractivity contribution is 5.84. The summed E-state index contributed by atoms with van der Waals surface area (Å²) in [6.45, 7) is 10.0. The van der Waals surface area contributed by atoms with E-state index < -0.39 is 0 Å². The quantitative estimate of drug-likeness (QED) is 0.659. The molecule has 0 bridgehead atoms. The Morgan fingerprint density at radius 1 is 1.10 bits per heavy atom. The molecule has 0 unspecified atom stereocenters. The predicted octanol–water partition coefficient (Wildman–Crippen LogP) is 1.80. The largest absolute Gasteiger partial charge is 0.484 e. The number of fused-ring (bicyclic) bond motifs is 1. The smallest absolute Gasteiger partial charge is 0.260 e. The van der Waals surface area contributed by atoms with Crippen LogP contribution < -0.4 is 10.3 Å². The highest BCUT2D eigenvalue weighted by Gasteiger charge is 2.21. The van der Waals surface area contributed by atoms with E-state index in [2.05, 4.69) is 30.8 Å². The number of hydrogen-bond acceptors (Lipinski definition) is 5. The van der Waals surface area contributed by atoms with Crippen molar-refractivity contribution in [3.05, 3.63) is 40.2 Å². The Hall–Kier alpha value is -2.38. The first kappa shape index (κ1) is 22.3. The van der Waals surface area contributed by atoms with E-state index in [-0.39, 0.29) is 18.1 Å². The Bertz CT molecular complexity index is 930. The van der Waals surface area contributed by atoms with Crippen LogP contribution >= 0.6 is 0 Å². The number of amides is 1. The van der Waals surface area contributed by atoms with Crippen molar-refractivity contribution in [3.63, 3.8) is 0 Å². The fraction of sp³-hybridized carbons (Fsp3) is 0.565. The molecule has 0 radical (unpaired) electrons. The Morgan fingerprint density at radius 2 is 1.83 bits per heavy atom. The van der Waals surface area contributed by atoms with Crippen LogP contribution in [0.25, 0.3) is 10.9 Å². The summed E-state index contributed by atoms with van der Waals surface area (Å²) in [5.74, 6) is 0.632. The number of aromatic nitrogens is 1. The van der Waals surface area contributed by atoms with Crippen molar-refractivity contribution >= 4 is 16.8 Å². The van der Waals surface area contributed by atoms with Gasteiger partial charge in [-0.3, -0.25) is 14.5 Å². The molecular weight excluding hydrogens is 380 g/mol. The summed E-state index contributed by atoms with van der Waals surface area (Å²) in [5.41, 5.74) is 1.82. The van der Waals surface area contributed by atoms with Crippen molar-refractivity contribution in [1.82, 2.24) is 19.3 Å². The lowest BCUT2D eigenvalue weighted by Gasteiger charge is -2.35. The molecule has 0 spiro atoms. The Balaban J connectivity index is 1.61. The molecule has 0 N–H and O–H groups in total. The van der Waals surface area contributed by atoms with E-state index in [1.807, 2.05) is 30.0 Å². The Labute approximate surface area is 178 Å². The van der Waals surface area contributed by atoms with Gasteiger partial charge < -0.3 is 19.1 Å². The maximum Gasteiger partial charge on any atom is 0.260 e. The number of likely N-dealkylation sites (N-methyl/N-ethyl adjacent to an activating group) is 1. The van der Waals surface area contributed by atoms with Gasteiger partial charge in [0, 0.05) is 63.3 Å². The van der Waals surface area contributed by atoms with Gasteiger partial charge in [0.2, 0.25) is 0 Å². The second-order valence-electron chi connectivity index (χ2n) is 8.31. The van der Waals surface area contributed by atoms with E-state index in [1.54, 1.807) is 10.6 Å². The number of ether oxygens (including phenoxy) is 1. The molecule has 1 aliphatic heterocycles. The average Bonchev–Trinajstić information content (AvgIpc) is 2.73. The first-order valence-electron chi connectivity index (χ1n) is 10.8. The minimum Gasteiger partial charge on any atom is -0.484 e. The summed E-state index contributed by atoms with van der Waals surface area (Å²) in [6.07, 6.45) is 0.877. The molecule has 1 aromatic carbocycles. The van der Waals surface area contributed by atoms with Crippen LogP contribution in [0.5, 0.6) is 5.75 Å². The zero-order valence-corrected chi connectivity index (χ0v) is 18.7. The lowest BCUT2D eigenvalue weighted by molar-refractivity contribution is -0.135. The molecule has 1 amide bonds. The zero-order chi connectivity index (χ0) is 21.7. The van der Waals surface area contributed by atoms with Crippen molar-refractivity contribution in [1.29, 1.82) is 0 Å². The second kappa shape index (κ2) is 10.1. The van der Waals surface area contributed by atoms with Gasteiger partial charge in [0.1, 0.15) is 5.75 Å². The molecule has 30 heavy (non-hydrogen) atoms. The van der Waals surface area contributed by atoms with E-state index in [0.717, 1.165) is 62.2 Å². The van der Waals surface area contributed by atoms with Crippen LogP contribution in [0.4, 0.5) is 0 Å². The van der Waals surface area contributed by atoms with Gasteiger partial charge >= 0.3 is 0 Å². The molecule has 2 heterocycles. The van der Waals surface area contributed by atoms with E-state index in [4.69, 9.17) is 4.74 Å². The Kier molecular flexibility index (Phi) is 7.50. The van der Waals surface area contributed by atoms with E-state index in [1.165, 1.54) is 0 Å². The molecule has 164 valence electrons. The van der Waals surface area contributed by atoms with Crippen LogP contribution in [-0.2, 0) is 11.3 Å². The number of pyridine rings is 1. The average molecular weight is 415 g/mol. The van der Waals surface area contributed by atoms with Gasteiger partial charge in [-0.05, 0) is 45.1 Å². The molecule has 7 nitrogen and oxygen atoms in total. The summed E-state index contributed by atoms with van der Waals surface area (Å²) < 4.78 is 7.60. The third kappa shape index (κ3) is 5.40. The normalized spacial score (nSPS) is 15.2. The van der Waals surface area contributed by atoms with Crippen LogP contribution in [0.15, 0.2) is 29.1 Å². The summed E-state index contributed by atoms with van der Waals surface area (Å²) in [4.78, 5) is 31.4. The minimum atomic E-state index is 0.00205. The number of carbonyl (C=O) groups is 1. The van der Waals surface area contributed by atoms with Gasteiger partial charge in [-0.15, -0.1) is 0 Å². The molecule has 0 saturated carbocycles. The molecule has 1 aliphatic rings. The van der Waals surface area contributed by atoms with Crippen LogP contribution in [0.3, 0.4) is 0 Å². The molecule has 1 saturated heterocycles. The van der Waals surface area contributed by atoms with Crippen molar-refractivity contribution in [2.75, 3.05) is 60.0 Å². The number of hydrogen-bond donors (Lipinski definition) is 0. The number of aryl methyl sites for hydroxylation is 2. The van der Waals surface area contributed by atoms with Gasteiger partial charge in [0.15, 0.2) is 6.61 Å². The standard InChI is InChI=1S/C23H34N4O3/c1-5-8-27-21-16-19(6-7-20(21)18(2)15-22(27)28)30-17-23(29)26-13-11-25(12-14-26)10-9-24(3)4/h6-7,15-16H,5,8-14,17H2,1-4H3. The molecule has 7 heteroatoms. The molecule has 2 aromatic rings. The van der Waals surface area contributed by atoms with Crippen LogP contribution in [0.1, 0.15) is 18.9 Å². The number of nitrogens with zero attached hydrogens (tertiary/aromatic N) is 4.